The molecule has 276 valence electrons. The summed E-state index contributed by atoms with van der Waals surface area (Å²) < 4.78 is 12.9. The van der Waals surface area contributed by atoms with Crippen molar-refractivity contribution in [3.63, 3.8) is 0 Å². The lowest BCUT2D eigenvalue weighted by atomic mass is 9.81. The molecule has 2 heterocycles. The van der Waals surface area contributed by atoms with Crippen LogP contribution in [0.4, 0.5) is 0 Å². The molecule has 0 amide bonds. The fourth-order valence-corrected chi connectivity index (χ4v) is 10.5. The molecular formula is C57H36O2. The van der Waals surface area contributed by atoms with E-state index in [1.54, 1.807) is 0 Å². The summed E-state index contributed by atoms with van der Waals surface area (Å²) in [6, 6.07) is 66.6. The first-order chi connectivity index (χ1) is 29.0. The Morgan fingerprint density at radius 3 is 1.63 bits per heavy atom. The van der Waals surface area contributed by atoms with Gasteiger partial charge in [0.1, 0.15) is 22.3 Å². The molecule has 2 aromatic heterocycles. The Morgan fingerprint density at radius 2 is 0.881 bits per heavy atom. The predicted octanol–water partition coefficient (Wildman–Crippen LogP) is 16.3. The van der Waals surface area contributed by atoms with Crippen molar-refractivity contribution in [3.8, 4) is 44.5 Å². The molecule has 10 aromatic carbocycles. The highest BCUT2D eigenvalue weighted by Gasteiger charge is 2.35. The van der Waals surface area contributed by atoms with E-state index >= 15 is 0 Å². The van der Waals surface area contributed by atoms with Crippen LogP contribution in [0.5, 0.6) is 0 Å². The lowest BCUT2D eigenvalue weighted by Crippen LogP contribution is -2.14. The van der Waals surface area contributed by atoms with Gasteiger partial charge in [-0.2, -0.15) is 0 Å². The molecule has 2 nitrogen and oxygen atoms in total. The molecule has 12 aromatic rings. The molecule has 1 aliphatic rings. The standard InChI is InChI=1S/C57H36O2/c1-57(2)47-17-9-7-11-38(47)46-32-37(26-28-48(46)57)53-41-14-5-3-12-39(41)52(40-13-4-6-15-42(40)53)35-22-19-33(20-23-35)36-24-21-34-25-27-44-55-51(59-56(44)45(34)31-36)30-29-50-54(55)43-16-8-10-18-49(43)58-50/h3-32H,1-2H3. The zero-order valence-electron chi connectivity index (χ0n) is 32.6. The van der Waals surface area contributed by atoms with Gasteiger partial charge in [0.05, 0.1) is 0 Å². The molecule has 0 bridgehead atoms. The van der Waals surface area contributed by atoms with E-state index < -0.39 is 0 Å². The minimum absolute atomic E-state index is 0.0273. The van der Waals surface area contributed by atoms with E-state index in [-0.39, 0.29) is 5.41 Å². The molecule has 0 aliphatic heterocycles. The third-order valence-corrected chi connectivity index (χ3v) is 13.3. The third-order valence-electron chi connectivity index (χ3n) is 13.3. The molecular weight excluding hydrogens is 717 g/mol. The summed E-state index contributed by atoms with van der Waals surface area (Å²) in [4.78, 5) is 0. The molecule has 0 atom stereocenters. The Bertz CT molecular complexity index is 3690. The topological polar surface area (TPSA) is 26.3 Å². The van der Waals surface area contributed by atoms with E-state index in [0.29, 0.717) is 0 Å². The number of benzene rings is 10. The van der Waals surface area contributed by atoms with Crippen molar-refractivity contribution in [1.82, 2.24) is 0 Å². The van der Waals surface area contributed by atoms with Crippen molar-refractivity contribution in [1.29, 1.82) is 0 Å². The fourth-order valence-electron chi connectivity index (χ4n) is 10.5. The van der Waals surface area contributed by atoms with Gasteiger partial charge in [-0.3, -0.25) is 0 Å². The van der Waals surface area contributed by atoms with Crippen molar-refractivity contribution >= 4 is 76.2 Å². The summed E-state index contributed by atoms with van der Waals surface area (Å²) in [7, 11) is 0. The summed E-state index contributed by atoms with van der Waals surface area (Å²) in [5, 5.41) is 11.7. The van der Waals surface area contributed by atoms with Gasteiger partial charge in [0.25, 0.3) is 0 Å². The van der Waals surface area contributed by atoms with Crippen molar-refractivity contribution in [2.75, 3.05) is 0 Å². The van der Waals surface area contributed by atoms with Gasteiger partial charge in [0, 0.05) is 32.3 Å². The molecule has 0 N–H and O–H groups in total. The number of fused-ring (bicyclic) bond motifs is 14. The van der Waals surface area contributed by atoms with Crippen molar-refractivity contribution in [2.24, 2.45) is 0 Å². The maximum Gasteiger partial charge on any atom is 0.143 e. The van der Waals surface area contributed by atoms with Crippen LogP contribution in [0.3, 0.4) is 0 Å². The second-order valence-electron chi connectivity index (χ2n) is 16.7. The summed E-state index contributed by atoms with van der Waals surface area (Å²) in [5.74, 6) is 0. The Labute approximate surface area is 340 Å². The fraction of sp³-hybridized carbons (Fsp3) is 0.0526. The third kappa shape index (κ3) is 4.52. The van der Waals surface area contributed by atoms with Crippen LogP contribution in [-0.2, 0) is 5.41 Å². The van der Waals surface area contributed by atoms with Crippen LogP contribution in [0.25, 0.3) is 121 Å². The quantitative estimate of drug-likeness (QED) is 0.168. The smallest absolute Gasteiger partial charge is 0.143 e. The Hall–Kier alpha value is -7.42. The van der Waals surface area contributed by atoms with E-state index in [1.807, 2.05) is 24.3 Å². The first-order valence-corrected chi connectivity index (χ1v) is 20.5. The Morgan fingerprint density at radius 1 is 0.339 bits per heavy atom. The highest BCUT2D eigenvalue weighted by atomic mass is 16.3. The second-order valence-corrected chi connectivity index (χ2v) is 16.7. The first kappa shape index (κ1) is 32.6. The van der Waals surface area contributed by atoms with Gasteiger partial charge < -0.3 is 8.83 Å². The van der Waals surface area contributed by atoms with Crippen LogP contribution in [-0.4, -0.2) is 0 Å². The molecule has 0 spiro atoms. The molecule has 59 heavy (non-hydrogen) atoms. The largest absolute Gasteiger partial charge is 0.456 e. The molecule has 13 rings (SSSR count). The maximum absolute atomic E-state index is 6.69. The lowest BCUT2D eigenvalue weighted by molar-refractivity contribution is 0.660. The summed E-state index contributed by atoms with van der Waals surface area (Å²) in [5.41, 5.74) is 16.3. The van der Waals surface area contributed by atoms with Crippen molar-refractivity contribution < 1.29 is 8.83 Å². The average Bonchev–Trinajstić information content (AvgIpc) is 3.93. The van der Waals surface area contributed by atoms with E-state index in [0.717, 1.165) is 60.2 Å². The van der Waals surface area contributed by atoms with E-state index in [9.17, 15) is 0 Å². The molecule has 0 unspecified atom stereocenters. The van der Waals surface area contributed by atoms with Crippen LogP contribution in [0.2, 0.25) is 0 Å². The summed E-state index contributed by atoms with van der Waals surface area (Å²) >= 11 is 0. The van der Waals surface area contributed by atoms with Gasteiger partial charge >= 0.3 is 0 Å². The molecule has 1 aliphatic carbocycles. The lowest BCUT2D eigenvalue weighted by Gasteiger charge is -2.22. The summed E-state index contributed by atoms with van der Waals surface area (Å²) in [6.45, 7) is 4.70. The summed E-state index contributed by atoms with van der Waals surface area (Å²) in [6.07, 6.45) is 0. The van der Waals surface area contributed by atoms with Gasteiger partial charge in [-0.05, 0) is 119 Å². The molecule has 0 radical (unpaired) electrons. The van der Waals surface area contributed by atoms with E-state index in [2.05, 4.69) is 172 Å². The minimum Gasteiger partial charge on any atom is -0.456 e. The minimum atomic E-state index is -0.0273. The number of para-hydroxylation sites is 1. The zero-order chi connectivity index (χ0) is 39.0. The van der Waals surface area contributed by atoms with Gasteiger partial charge in [0.2, 0.25) is 0 Å². The monoisotopic (exact) mass is 752 g/mol. The van der Waals surface area contributed by atoms with Gasteiger partial charge in [-0.25, -0.2) is 0 Å². The van der Waals surface area contributed by atoms with Crippen LogP contribution in [0.15, 0.2) is 191 Å². The van der Waals surface area contributed by atoms with E-state index in [1.165, 1.54) is 71.6 Å². The van der Waals surface area contributed by atoms with Crippen LogP contribution >= 0.6 is 0 Å². The SMILES string of the molecule is CC1(C)c2ccccc2-c2cc(-c3c4ccccc4c(-c4ccc(-c5ccc6ccc7c(oc8ccc9oc%10ccccc%10c9c87)c6c5)cc4)c4ccccc34)ccc21. The normalized spacial score (nSPS) is 13.4. The van der Waals surface area contributed by atoms with Crippen LogP contribution in [0, 0.1) is 0 Å². The number of furan rings is 2. The molecule has 2 heteroatoms. The van der Waals surface area contributed by atoms with E-state index in [4.69, 9.17) is 8.83 Å². The highest BCUT2D eigenvalue weighted by molar-refractivity contribution is 6.28. The van der Waals surface area contributed by atoms with Crippen LogP contribution in [0.1, 0.15) is 25.0 Å². The zero-order valence-corrected chi connectivity index (χ0v) is 32.6. The number of hydrogen-bond donors (Lipinski definition) is 0. The second kappa shape index (κ2) is 11.8. The average molecular weight is 753 g/mol. The Balaban J connectivity index is 0.949. The van der Waals surface area contributed by atoms with Gasteiger partial charge in [-0.1, -0.05) is 159 Å². The first-order valence-electron chi connectivity index (χ1n) is 20.5. The number of hydrogen-bond acceptors (Lipinski definition) is 2. The maximum atomic E-state index is 6.69. The molecule has 0 fully saturated rings. The van der Waals surface area contributed by atoms with Crippen molar-refractivity contribution in [3.05, 3.63) is 193 Å². The number of rotatable bonds is 3. The highest BCUT2D eigenvalue weighted by Crippen LogP contribution is 2.51. The van der Waals surface area contributed by atoms with Gasteiger partial charge in [-0.15, -0.1) is 0 Å². The van der Waals surface area contributed by atoms with Crippen molar-refractivity contribution in [2.45, 2.75) is 19.3 Å². The predicted molar refractivity (Wildman–Crippen MR) is 247 cm³/mol. The van der Waals surface area contributed by atoms with Gasteiger partial charge in [0.15, 0.2) is 0 Å². The van der Waals surface area contributed by atoms with Crippen LogP contribution < -0.4 is 0 Å². The Kier molecular flexibility index (Phi) is 6.54. The molecule has 0 saturated heterocycles. The molecule has 0 saturated carbocycles.